The first-order valence-electron chi connectivity index (χ1n) is 12.1. The van der Waals surface area contributed by atoms with Crippen LogP contribution in [0, 0.1) is 0 Å². The molecule has 1 amide bonds. The Kier molecular flexibility index (Phi) is 7.14. The van der Waals surface area contributed by atoms with Crippen molar-refractivity contribution in [2.45, 2.75) is 69.9 Å². The number of carbonyl (C=O) groups excluding carboxylic acids is 1. The van der Waals surface area contributed by atoms with Crippen LogP contribution in [0.3, 0.4) is 0 Å². The second-order valence-corrected chi connectivity index (χ2v) is 9.18. The predicted molar refractivity (Wildman–Crippen MR) is 132 cm³/mol. The maximum atomic E-state index is 13.4. The predicted octanol–water partition coefficient (Wildman–Crippen LogP) is 4.31. The second kappa shape index (κ2) is 10.2. The summed E-state index contributed by atoms with van der Waals surface area (Å²) in [5.74, 6) is -0.715. The molecule has 0 saturated carbocycles. The number of carbonyl (C=O) groups is 2. The summed E-state index contributed by atoms with van der Waals surface area (Å²) in [5, 5.41) is 21.9. The van der Waals surface area contributed by atoms with E-state index in [-0.39, 0.29) is 0 Å². The lowest BCUT2D eigenvalue weighted by molar-refractivity contribution is -0.145. The van der Waals surface area contributed by atoms with E-state index in [2.05, 4.69) is 27.6 Å². The van der Waals surface area contributed by atoms with Gasteiger partial charge in [0.25, 0.3) is 5.91 Å². The molecule has 0 saturated heterocycles. The smallest absolute Gasteiger partial charge is 0.331 e. The van der Waals surface area contributed by atoms with Crippen LogP contribution in [0.25, 0.3) is 10.9 Å². The van der Waals surface area contributed by atoms with Gasteiger partial charge < -0.3 is 15.7 Å². The minimum absolute atomic E-state index is 0.354. The van der Waals surface area contributed by atoms with Crippen LogP contribution in [0.15, 0.2) is 42.7 Å². The van der Waals surface area contributed by atoms with E-state index in [1.807, 2.05) is 25.2 Å². The van der Waals surface area contributed by atoms with Crippen molar-refractivity contribution in [1.82, 2.24) is 20.1 Å². The lowest BCUT2D eigenvalue weighted by Crippen LogP contribution is -2.65. The Morgan fingerprint density at radius 1 is 1.24 bits per heavy atom. The third-order valence-electron chi connectivity index (χ3n) is 6.90. The molecule has 8 heteroatoms. The molecule has 0 spiro atoms. The van der Waals surface area contributed by atoms with Gasteiger partial charge in [0.15, 0.2) is 5.54 Å². The summed E-state index contributed by atoms with van der Waals surface area (Å²) < 4.78 is 1.74. The van der Waals surface area contributed by atoms with Crippen molar-refractivity contribution in [3.05, 3.63) is 53.9 Å². The maximum absolute atomic E-state index is 13.4. The van der Waals surface area contributed by atoms with Gasteiger partial charge in [-0.2, -0.15) is 5.10 Å². The molecule has 1 aromatic carbocycles. The molecule has 2 atom stereocenters. The van der Waals surface area contributed by atoms with Crippen LogP contribution < -0.4 is 10.6 Å². The molecule has 1 aliphatic heterocycles. The third kappa shape index (κ3) is 4.76. The van der Waals surface area contributed by atoms with E-state index in [4.69, 9.17) is 0 Å². The molecule has 0 bridgehead atoms. The first-order valence-corrected chi connectivity index (χ1v) is 12.1. The number of carboxylic acid groups (broad SMARTS) is 1. The fourth-order valence-electron chi connectivity index (χ4n) is 4.90. The molecular weight excluding hydrogens is 430 g/mol. The molecule has 1 unspecified atom stereocenters. The summed E-state index contributed by atoms with van der Waals surface area (Å²) in [5.41, 5.74) is 0.956. The monoisotopic (exact) mass is 463 g/mol. The van der Waals surface area contributed by atoms with Crippen LogP contribution in [0.1, 0.15) is 67.8 Å². The molecular formula is C26H33N5O3. The highest BCUT2D eigenvalue weighted by atomic mass is 16.4. The molecule has 34 heavy (non-hydrogen) atoms. The number of nitrogens with one attached hydrogen (secondary N) is 2. The Hall–Kier alpha value is -3.42. The molecule has 0 fully saturated rings. The van der Waals surface area contributed by atoms with Gasteiger partial charge in [-0.1, -0.05) is 45.1 Å². The summed E-state index contributed by atoms with van der Waals surface area (Å²) >= 11 is 0. The first kappa shape index (κ1) is 23.7. The molecule has 180 valence electrons. The van der Waals surface area contributed by atoms with Crippen molar-refractivity contribution in [2.75, 3.05) is 5.32 Å². The van der Waals surface area contributed by atoms with E-state index in [0.29, 0.717) is 30.6 Å². The van der Waals surface area contributed by atoms with Crippen LogP contribution in [0.2, 0.25) is 0 Å². The molecule has 3 N–H and O–H groups in total. The quantitative estimate of drug-likeness (QED) is 0.387. The second-order valence-electron chi connectivity index (χ2n) is 9.18. The normalized spacial score (nSPS) is 16.9. The van der Waals surface area contributed by atoms with Crippen molar-refractivity contribution in [3.8, 4) is 0 Å². The number of aliphatic carboxylic acids is 1. The number of hydrogen-bond acceptors (Lipinski definition) is 5. The average molecular weight is 464 g/mol. The number of fused-ring (bicyclic) bond motifs is 2. The number of hydrogen-bond donors (Lipinski definition) is 3. The Balaban J connectivity index is 1.62. The van der Waals surface area contributed by atoms with Crippen molar-refractivity contribution >= 4 is 28.6 Å². The number of amides is 1. The van der Waals surface area contributed by atoms with E-state index in [1.165, 1.54) is 0 Å². The van der Waals surface area contributed by atoms with Crippen LogP contribution in [-0.2, 0) is 18.3 Å². The van der Waals surface area contributed by atoms with Gasteiger partial charge in [-0.25, -0.2) is 9.78 Å². The molecule has 1 aliphatic rings. The minimum Gasteiger partial charge on any atom is -0.479 e. The molecule has 3 heterocycles. The van der Waals surface area contributed by atoms with Crippen molar-refractivity contribution < 1.29 is 14.7 Å². The summed E-state index contributed by atoms with van der Waals surface area (Å²) in [6.45, 7) is 2.15. The van der Waals surface area contributed by atoms with Crippen LogP contribution in [-0.4, -0.2) is 43.3 Å². The number of rotatable bonds is 10. The molecule has 2 aromatic heterocycles. The fraction of sp³-hybridized carbons (Fsp3) is 0.462. The van der Waals surface area contributed by atoms with E-state index in [0.717, 1.165) is 48.6 Å². The SMILES string of the molecule is CCCCCCC[C@](NC(=O)c1ccc2c(cnn2C)c1)(C(=O)O)C1CCc2cccnc2N1. The summed E-state index contributed by atoms with van der Waals surface area (Å²) in [6, 6.07) is 8.73. The lowest BCUT2D eigenvalue weighted by Gasteiger charge is -2.41. The van der Waals surface area contributed by atoms with Gasteiger partial charge in [-0.05, 0) is 49.1 Å². The Bertz CT molecular complexity index is 1170. The van der Waals surface area contributed by atoms with Crippen molar-refractivity contribution in [3.63, 3.8) is 0 Å². The maximum Gasteiger partial charge on any atom is 0.331 e. The highest BCUT2D eigenvalue weighted by molar-refractivity contribution is 6.01. The number of nitrogens with zero attached hydrogens (tertiary/aromatic N) is 3. The van der Waals surface area contributed by atoms with Gasteiger partial charge in [0.05, 0.1) is 17.8 Å². The van der Waals surface area contributed by atoms with E-state index >= 15 is 0 Å². The highest BCUT2D eigenvalue weighted by Gasteiger charge is 2.48. The van der Waals surface area contributed by atoms with Gasteiger partial charge in [-0.3, -0.25) is 9.48 Å². The van der Waals surface area contributed by atoms with Crippen LogP contribution >= 0.6 is 0 Å². The van der Waals surface area contributed by atoms with Crippen LogP contribution in [0.5, 0.6) is 0 Å². The van der Waals surface area contributed by atoms with Gasteiger partial charge in [0.1, 0.15) is 5.82 Å². The Morgan fingerprint density at radius 3 is 2.85 bits per heavy atom. The van der Waals surface area contributed by atoms with E-state index < -0.39 is 23.5 Å². The summed E-state index contributed by atoms with van der Waals surface area (Å²) in [4.78, 5) is 30.7. The van der Waals surface area contributed by atoms with Crippen molar-refractivity contribution in [1.29, 1.82) is 0 Å². The van der Waals surface area contributed by atoms with E-state index in [1.54, 1.807) is 29.2 Å². The topological polar surface area (TPSA) is 109 Å². The van der Waals surface area contributed by atoms with Gasteiger partial charge >= 0.3 is 5.97 Å². The molecule has 3 aromatic rings. The van der Waals surface area contributed by atoms with Crippen molar-refractivity contribution in [2.24, 2.45) is 7.05 Å². The molecule has 4 rings (SSSR count). The highest BCUT2D eigenvalue weighted by Crippen LogP contribution is 2.32. The van der Waals surface area contributed by atoms with E-state index in [9.17, 15) is 14.7 Å². The Labute approximate surface area is 199 Å². The summed E-state index contributed by atoms with van der Waals surface area (Å²) in [6.07, 6.45) is 10.0. The number of benzene rings is 1. The zero-order chi connectivity index (χ0) is 24.1. The summed E-state index contributed by atoms with van der Waals surface area (Å²) in [7, 11) is 1.84. The van der Waals surface area contributed by atoms with Crippen LogP contribution in [0.4, 0.5) is 5.82 Å². The fourth-order valence-corrected chi connectivity index (χ4v) is 4.90. The third-order valence-corrected chi connectivity index (χ3v) is 6.90. The molecule has 0 aliphatic carbocycles. The number of unbranched alkanes of at least 4 members (excludes halogenated alkanes) is 4. The zero-order valence-corrected chi connectivity index (χ0v) is 19.9. The lowest BCUT2D eigenvalue weighted by atomic mass is 9.79. The number of pyridine rings is 1. The molecule has 8 nitrogen and oxygen atoms in total. The molecule has 0 radical (unpaired) electrons. The van der Waals surface area contributed by atoms with Gasteiger partial charge in [0.2, 0.25) is 0 Å². The Morgan fingerprint density at radius 2 is 2.06 bits per heavy atom. The van der Waals surface area contributed by atoms with Gasteiger partial charge in [-0.15, -0.1) is 0 Å². The van der Waals surface area contributed by atoms with Gasteiger partial charge in [0, 0.05) is 24.2 Å². The zero-order valence-electron chi connectivity index (χ0n) is 19.9. The minimum atomic E-state index is -1.44. The number of aromatic nitrogens is 3. The number of anilines is 1. The first-order chi connectivity index (χ1) is 16.4. The largest absolute Gasteiger partial charge is 0.479 e. The standard InChI is InChI=1S/C26H33N5O3/c1-3-4-5-6-7-14-26(25(33)34,22-13-11-18-9-8-15-27-23(18)29-22)30-24(32)19-10-12-21-20(16-19)17-28-31(21)2/h8-10,12,15-17,22H,3-7,11,13-14H2,1-2H3,(H,27,29)(H,30,32)(H,33,34)/t22?,26-/m1/s1. The average Bonchev–Trinajstić information content (AvgIpc) is 3.22. The number of aryl methyl sites for hydroxylation is 2. The number of carboxylic acids is 1.